The summed E-state index contributed by atoms with van der Waals surface area (Å²) in [7, 11) is 0. The van der Waals surface area contributed by atoms with E-state index in [0.29, 0.717) is 5.69 Å². The maximum Gasteiger partial charge on any atom is 0.319 e. The molecule has 0 atom stereocenters. The molecule has 0 bridgehead atoms. The Balaban J connectivity index is 1.59. The first kappa shape index (κ1) is 16.9. The number of urea groups is 1. The van der Waals surface area contributed by atoms with E-state index in [9.17, 15) is 14.0 Å². The van der Waals surface area contributed by atoms with E-state index in [1.54, 1.807) is 0 Å². The van der Waals surface area contributed by atoms with Gasteiger partial charge in [0.25, 0.3) is 0 Å². The molecule has 25 heavy (non-hydrogen) atoms. The second-order valence-electron chi connectivity index (χ2n) is 5.98. The van der Waals surface area contributed by atoms with Crippen molar-refractivity contribution in [1.82, 2.24) is 14.9 Å². The minimum Gasteiger partial charge on any atom is -0.335 e. The number of halogens is 1. The molecule has 1 aromatic heterocycles. The predicted octanol–water partition coefficient (Wildman–Crippen LogP) is 2.64. The van der Waals surface area contributed by atoms with E-state index in [-0.39, 0.29) is 18.1 Å². The monoisotopic (exact) mass is 345 g/mol. The lowest BCUT2D eigenvalue weighted by atomic mass is 10.2. The summed E-state index contributed by atoms with van der Waals surface area (Å²) in [5.74, 6) is 0.185. The fourth-order valence-corrected chi connectivity index (χ4v) is 2.80. The molecule has 3 amide bonds. The second-order valence-corrected chi connectivity index (χ2v) is 5.98. The number of rotatable bonds is 4. The zero-order valence-electron chi connectivity index (χ0n) is 13.9. The molecule has 132 valence electrons. The van der Waals surface area contributed by atoms with Gasteiger partial charge in [0, 0.05) is 31.8 Å². The first-order valence-corrected chi connectivity index (χ1v) is 8.18. The summed E-state index contributed by atoms with van der Waals surface area (Å²) in [4.78, 5) is 27.6. The molecule has 0 saturated heterocycles. The van der Waals surface area contributed by atoms with Crippen molar-refractivity contribution in [1.29, 1.82) is 0 Å². The molecule has 3 rings (SSSR count). The van der Waals surface area contributed by atoms with Gasteiger partial charge in [-0.1, -0.05) is 0 Å². The Labute approximate surface area is 144 Å². The lowest BCUT2D eigenvalue weighted by molar-refractivity contribution is -0.114. The van der Waals surface area contributed by atoms with E-state index >= 15 is 0 Å². The maximum absolute atomic E-state index is 13.8. The number of carbonyl (C=O) groups is 2. The summed E-state index contributed by atoms with van der Waals surface area (Å²) in [6, 6.07) is 3.44. The van der Waals surface area contributed by atoms with Gasteiger partial charge in [-0.2, -0.15) is 0 Å². The van der Waals surface area contributed by atoms with Crippen LogP contribution in [-0.2, 0) is 24.3 Å². The van der Waals surface area contributed by atoms with Crippen LogP contribution >= 0.6 is 0 Å². The Morgan fingerprint density at radius 2 is 2.12 bits per heavy atom. The topological polar surface area (TPSA) is 88.0 Å². The van der Waals surface area contributed by atoms with Gasteiger partial charge in [-0.25, -0.2) is 14.2 Å². The Bertz CT molecular complexity index is 779. The second kappa shape index (κ2) is 7.33. The molecule has 1 aliphatic heterocycles. The molecule has 0 fully saturated rings. The van der Waals surface area contributed by atoms with Crippen molar-refractivity contribution in [3.8, 4) is 0 Å². The third kappa shape index (κ3) is 4.34. The Hall–Kier alpha value is -2.90. The van der Waals surface area contributed by atoms with E-state index in [4.69, 9.17) is 0 Å². The molecule has 0 spiro atoms. The lowest BCUT2D eigenvalue weighted by Gasteiger charge is -2.11. The van der Waals surface area contributed by atoms with Crippen LogP contribution in [0.1, 0.15) is 31.3 Å². The zero-order valence-corrected chi connectivity index (χ0v) is 13.9. The number of benzene rings is 1. The lowest BCUT2D eigenvalue weighted by Crippen LogP contribution is -2.28. The van der Waals surface area contributed by atoms with Crippen LogP contribution in [0, 0.1) is 5.82 Å². The van der Waals surface area contributed by atoms with Crippen LogP contribution in [0.15, 0.2) is 24.4 Å². The van der Waals surface area contributed by atoms with Crippen LogP contribution in [0.5, 0.6) is 0 Å². The number of hydrogen-bond donors (Lipinski definition) is 3. The standard InChI is InChI=1S/C17H20FN5O2/c1-11(24)20-12-5-6-14(18)15(8-12)22-17(25)19-9-13-10-23-7-3-2-4-16(23)21-13/h5-6,8,10H,2-4,7,9H2,1H3,(H,20,24)(H2,19,22,25). The van der Waals surface area contributed by atoms with Crippen molar-refractivity contribution in [2.45, 2.75) is 39.3 Å². The summed E-state index contributed by atoms with van der Waals surface area (Å²) in [5, 5.41) is 7.65. The van der Waals surface area contributed by atoms with E-state index in [0.717, 1.165) is 37.3 Å². The largest absolute Gasteiger partial charge is 0.335 e. The Morgan fingerprint density at radius 1 is 1.28 bits per heavy atom. The molecule has 8 heteroatoms. The highest BCUT2D eigenvalue weighted by molar-refractivity contribution is 5.92. The van der Waals surface area contributed by atoms with Crippen molar-refractivity contribution < 1.29 is 14.0 Å². The van der Waals surface area contributed by atoms with Gasteiger partial charge in [-0.15, -0.1) is 0 Å². The average molecular weight is 345 g/mol. The van der Waals surface area contributed by atoms with E-state index in [2.05, 4.69) is 25.5 Å². The Kier molecular flexibility index (Phi) is 4.97. The van der Waals surface area contributed by atoms with Crippen LogP contribution in [0.4, 0.5) is 20.6 Å². The summed E-state index contributed by atoms with van der Waals surface area (Å²) < 4.78 is 15.9. The molecule has 0 unspecified atom stereocenters. The Morgan fingerprint density at radius 3 is 2.88 bits per heavy atom. The van der Waals surface area contributed by atoms with E-state index < -0.39 is 11.8 Å². The average Bonchev–Trinajstić information content (AvgIpc) is 2.98. The van der Waals surface area contributed by atoms with Crippen LogP contribution in [0.2, 0.25) is 0 Å². The van der Waals surface area contributed by atoms with Gasteiger partial charge in [-0.05, 0) is 31.0 Å². The van der Waals surface area contributed by atoms with Gasteiger partial charge in [0.15, 0.2) is 0 Å². The molecule has 2 heterocycles. The van der Waals surface area contributed by atoms with E-state index in [1.807, 2.05) is 6.20 Å². The number of nitrogens with zero attached hydrogens (tertiary/aromatic N) is 2. The quantitative estimate of drug-likeness (QED) is 0.796. The highest BCUT2D eigenvalue weighted by atomic mass is 19.1. The minimum atomic E-state index is -0.582. The van der Waals surface area contributed by atoms with Gasteiger partial charge in [0.2, 0.25) is 5.91 Å². The molecule has 1 aliphatic rings. The SMILES string of the molecule is CC(=O)Nc1ccc(F)c(NC(=O)NCc2cn3c(n2)CCCC3)c1. The van der Waals surface area contributed by atoms with Gasteiger partial charge < -0.3 is 20.5 Å². The predicted molar refractivity (Wildman–Crippen MR) is 91.7 cm³/mol. The number of nitrogens with one attached hydrogen (secondary N) is 3. The number of aromatic nitrogens is 2. The normalized spacial score (nSPS) is 13.0. The molecular formula is C17H20FN5O2. The maximum atomic E-state index is 13.8. The molecule has 0 saturated carbocycles. The number of fused-ring (bicyclic) bond motifs is 1. The molecule has 0 radical (unpaired) electrons. The highest BCUT2D eigenvalue weighted by Gasteiger charge is 2.13. The summed E-state index contributed by atoms with van der Waals surface area (Å²) in [5.41, 5.74) is 1.18. The van der Waals surface area contributed by atoms with E-state index in [1.165, 1.54) is 25.1 Å². The number of carbonyl (C=O) groups excluding carboxylic acids is 2. The van der Waals surface area contributed by atoms with Crippen LogP contribution < -0.4 is 16.0 Å². The molecule has 7 nitrogen and oxygen atoms in total. The van der Waals surface area contributed by atoms with Crippen molar-refractivity contribution in [3.05, 3.63) is 41.7 Å². The van der Waals surface area contributed by atoms with Crippen molar-refractivity contribution >= 4 is 23.3 Å². The third-order valence-corrected chi connectivity index (χ3v) is 3.92. The van der Waals surface area contributed by atoms with Gasteiger partial charge in [0.1, 0.15) is 11.6 Å². The number of hydrogen-bond acceptors (Lipinski definition) is 3. The highest BCUT2D eigenvalue weighted by Crippen LogP contribution is 2.19. The van der Waals surface area contributed by atoms with Crippen molar-refractivity contribution in [2.75, 3.05) is 10.6 Å². The molecule has 0 aliphatic carbocycles. The molecular weight excluding hydrogens is 325 g/mol. The fraction of sp³-hybridized carbons (Fsp3) is 0.353. The first-order chi connectivity index (χ1) is 12.0. The molecule has 2 aromatic rings. The first-order valence-electron chi connectivity index (χ1n) is 8.18. The van der Waals surface area contributed by atoms with Crippen LogP contribution in [-0.4, -0.2) is 21.5 Å². The van der Waals surface area contributed by atoms with Gasteiger partial charge in [0.05, 0.1) is 17.9 Å². The van der Waals surface area contributed by atoms with Crippen LogP contribution in [0.3, 0.4) is 0 Å². The van der Waals surface area contributed by atoms with Crippen molar-refractivity contribution in [2.24, 2.45) is 0 Å². The number of amides is 3. The van der Waals surface area contributed by atoms with Crippen molar-refractivity contribution in [3.63, 3.8) is 0 Å². The number of aryl methyl sites for hydroxylation is 2. The summed E-state index contributed by atoms with van der Waals surface area (Å²) in [6.45, 7) is 2.57. The zero-order chi connectivity index (χ0) is 17.8. The molecule has 1 aromatic carbocycles. The van der Waals surface area contributed by atoms with Gasteiger partial charge in [-0.3, -0.25) is 4.79 Å². The molecule has 3 N–H and O–H groups in total. The summed E-state index contributed by atoms with van der Waals surface area (Å²) in [6.07, 6.45) is 5.16. The minimum absolute atomic E-state index is 0.00659. The van der Waals surface area contributed by atoms with Gasteiger partial charge >= 0.3 is 6.03 Å². The number of anilines is 2. The number of imidazole rings is 1. The smallest absolute Gasteiger partial charge is 0.319 e. The summed E-state index contributed by atoms with van der Waals surface area (Å²) >= 11 is 0. The fourth-order valence-electron chi connectivity index (χ4n) is 2.80. The third-order valence-electron chi connectivity index (χ3n) is 3.92. The van der Waals surface area contributed by atoms with Crippen LogP contribution in [0.25, 0.3) is 0 Å².